The predicted octanol–water partition coefficient (Wildman–Crippen LogP) is 2.08. The van der Waals surface area contributed by atoms with E-state index in [0.717, 1.165) is 35.2 Å². The molecule has 1 rings (SSSR count). The van der Waals surface area contributed by atoms with Crippen LogP contribution >= 0.6 is 22.9 Å². The molecule has 0 atom stereocenters. The Kier molecular flexibility index (Phi) is 3.83. The minimum Gasteiger partial charge on any atom is -0.330 e. The number of rotatable bonds is 4. The molecule has 2 nitrogen and oxygen atoms in total. The summed E-state index contributed by atoms with van der Waals surface area (Å²) in [6, 6.07) is 0. The van der Waals surface area contributed by atoms with Crippen LogP contribution in [0.1, 0.15) is 17.8 Å². The first kappa shape index (κ1) is 8.97. The number of hydrogen-bond donors (Lipinski definition) is 1. The van der Waals surface area contributed by atoms with E-state index in [1.165, 1.54) is 0 Å². The first-order valence-corrected chi connectivity index (χ1v) is 4.82. The van der Waals surface area contributed by atoms with Crippen molar-refractivity contribution in [2.75, 3.05) is 6.54 Å². The summed E-state index contributed by atoms with van der Waals surface area (Å²) in [6.07, 6.45) is 4.89. The second-order valence-electron chi connectivity index (χ2n) is 2.30. The number of nitrogens with zero attached hydrogens (tertiary/aromatic N) is 1. The van der Waals surface area contributed by atoms with Crippen molar-refractivity contribution in [2.24, 2.45) is 5.73 Å². The van der Waals surface area contributed by atoms with E-state index in [0.29, 0.717) is 0 Å². The first-order valence-electron chi connectivity index (χ1n) is 3.63. The minimum atomic E-state index is 0.763. The van der Waals surface area contributed by atoms with Crippen molar-refractivity contribution in [3.63, 3.8) is 0 Å². The second-order valence-corrected chi connectivity index (χ2v) is 4.05. The standard InChI is InChI=1S/C7H11ClN2S/c8-6-5-10-7(11-6)3-1-2-4-9/h5H,1-4,9H2. The fourth-order valence-corrected chi connectivity index (χ4v) is 1.82. The Hall–Kier alpha value is -0.120. The van der Waals surface area contributed by atoms with Gasteiger partial charge in [-0.2, -0.15) is 0 Å². The van der Waals surface area contributed by atoms with E-state index in [2.05, 4.69) is 4.98 Å². The largest absolute Gasteiger partial charge is 0.330 e. The van der Waals surface area contributed by atoms with Gasteiger partial charge in [0.2, 0.25) is 0 Å². The Balaban J connectivity index is 2.27. The summed E-state index contributed by atoms with van der Waals surface area (Å²) >= 11 is 7.26. The van der Waals surface area contributed by atoms with Gasteiger partial charge in [-0.3, -0.25) is 0 Å². The van der Waals surface area contributed by atoms with Crippen LogP contribution in [0.5, 0.6) is 0 Å². The summed E-state index contributed by atoms with van der Waals surface area (Å²) in [5.74, 6) is 0. The number of unbranched alkanes of at least 4 members (excludes halogenated alkanes) is 1. The van der Waals surface area contributed by atoms with Crippen LogP contribution in [-0.2, 0) is 6.42 Å². The molecule has 1 aromatic rings. The Morgan fingerprint density at radius 3 is 2.91 bits per heavy atom. The van der Waals surface area contributed by atoms with E-state index in [9.17, 15) is 0 Å². The van der Waals surface area contributed by atoms with Gasteiger partial charge in [0.1, 0.15) is 4.34 Å². The third kappa shape index (κ3) is 3.18. The van der Waals surface area contributed by atoms with Crippen LogP contribution in [0.25, 0.3) is 0 Å². The average molecular weight is 191 g/mol. The van der Waals surface area contributed by atoms with Crippen LogP contribution < -0.4 is 5.73 Å². The van der Waals surface area contributed by atoms with E-state index in [1.807, 2.05) is 0 Å². The molecule has 0 amide bonds. The van der Waals surface area contributed by atoms with Crippen LogP contribution in [0, 0.1) is 0 Å². The summed E-state index contributed by atoms with van der Waals surface area (Å²) in [6.45, 7) is 0.763. The molecular formula is C7H11ClN2S. The maximum Gasteiger partial charge on any atom is 0.113 e. The number of nitrogens with two attached hydrogens (primary N) is 1. The minimum absolute atomic E-state index is 0.763. The van der Waals surface area contributed by atoms with E-state index in [4.69, 9.17) is 17.3 Å². The SMILES string of the molecule is NCCCCc1ncc(Cl)s1. The average Bonchev–Trinajstić information content (AvgIpc) is 2.37. The molecule has 0 spiro atoms. The summed E-state index contributed by atoms with van der Waals surface area (Å²) in [7, 11) is 0. The van der Waals surface area contributed by atoms with Gasteiger partial charge in [-0.05, 0) is 25.8 Å². The molecule has 0 fully saturated rings. The molecule has 62 valence electrons. The summed E-state index contributed by atoms with van der Waals surface area (Å²) in [5, 5.41) is 1.11. The van der Waals surface area contributed by atoms with E-state index in [1.54, 1.807) is 17.5 Å². The van der Waals surface area contributed by atoms with Crippen molar-refractivity contribution in [3.8, 4) is 0 Å². The Morgan fingerprint density at radius 2 is 2.36 bits per heavy atom. The van der Waals surface area contributed by atoms with Gasteiger partial charge in [0.05, 0.1) is 11.2 Å². The number of halogens is 1. The maximum absolute atomic E-state index is 5.70. The molecule has 0 aromatic carbocycles. The molecule has 0 saturated heterocycles. The Bertz CT molecular complexity index is 212. The molecule has 0 aliphatic heterocycles. The number of aryl methyl sites for hydroxylation is 1. The normalized spacial score (nSPS) is 10.4. The molecule has 1 heterocycles. The lowest BCUT2D eigenvalue weighted by Gasteiger charge is -1.92. The zero-order chi connectivity index (χ0) is 8.10. The van der Waals surface area contributed by atoms with Gasteiger partial charge in [0.15, 0.2) is 0 Å². The molecule has 0 radical (unpaired) electrons. The van der Waals surface area contributed by atoms with Crippen LogP contribution in [-0.4, -0.2) is 11.5 Å². The highest BCUT2D eigenvalue weighted by molar-refractivity contribution is 7.15. The molecule has 2 N–H and O–H groups in total. The van der Waals surface area contributed by atoms with Crippen LogP contribution in [0.15, 0.2) is 6.20 Å². The maximum atomic E-state index is 5.70. The predicted molar refractivity (Wildman–Crippen MR) is 49.1 cm³/mol. The van der Waals surface area contributed by atoms with E-state index < -0.39 is 0 Å². The summed E-state index contributed by atoms with van der Waals surface area (Å²) < 4.78 is 0.771. The van der Waals surface area contributed by atoms with Gasteiger partial charge in [0, 0.05) is 0 Å². The van der Waals surface area contributed by atoms with Crippen LogP contribution in [0.4, 0.5) is 0 Å². The van der Waals surface area contributed by atoms with Crippen molar-refractivity contribution >= 4 is 22.9 Å². The van der Waals surface area contributed by atoms with Gasteiger partial charge in [0.25, 0.3) is 0 Å². The van der Waals surface area contributed by atoms with E-state index >= 15 is 0 Å². The fraction of sp³-hybridized carbons (Fsp3) is 0.571. The van der Waals surface area contributed by atoms with Gasteiger partial charge in [-0.25, -0.2) is 4.98 Å². The van der Waals surface area contributed by atoms with Crippen molar-refractivity contribution in [2.45, 2.75) is 19.3 Å². The highest BCUT2D eigenvalue weighted by atomic mass is 35.5. The monoisotopic (exact) mass is 190 g/mol. The number of aromatic nitrogens is 1. The Morgan fingerprint density at radius 1 is 1.55 bits per heavy atom. The van der Waals surface area contributed by atoms with Crippen molar-refractivity contribution in [3.05, 3.63) is 15.5 Å². The van der Waals surface area contributed by atoms with Crippen molar-refractivity contribution < 1.29 is 0 Å². The second kappa shape index (κ2) is 4.70. The molecule has 1 aromatic heterocycles. The third-order valence-corrected chi connectivity index (χ3v) is 2.54. The molecule has 0 aliphatic carbocycles. The molecular weight excluding hydrogens is 180 g/mol. The molecule has 0 saturated carbocycles. The van der Waals surface area contributed by atoms with E-state index in [-0.39, 0.29) is 0 Å². The van der Waals surface area contributed by atoms with Gasteiger partial charge < -0.3 is 5.73 Å². The lowest BCUT2D eigenvalue weighted by Crippen LogP contribution is -1.98. The smallest absolute Gasteiger partial charge is 0.113 e. The number of hydrogen-bond acceptors (Lipinski definition) is 3. The molecule has 0 unspecified atom stereocenters. The van der Waals surface area contributed by atoms with Crippen LogP contribution in [0.3, 0.4) is 0 Å². The zero-order valence-corrected chi connectivity index (χ0v) is 7.79. The Labute approximate surface area is 75.4 Å². The summed E-state index contributed by atoms with van der Waals surface area (Å²) in [4.78, 5) is 4.13. The lowest BCUT2D eigenvalue weighted by atomic mass is 10.2. The lowest BCUT2D eigenvalue weighted by molar-refractivity contribution is 0.741. The zero-order valence-electron chi connectivity index (χ0n) is 6.22. The topological polar surface area (TPSA) is 38.9 Å². The highest BCUT2D eigenvalue weighted by Crippen LogP contribution is 2.19. The number of thiazole rings is 1. The third-order valence-electron chi connectivity index (χ3n) is 1.37. The summed E-state index contributed by atoms with van der Waals surface area (Å²) in [5.41, 5.74) is 5.35. The van der Waals surface area contributed by atoms with Gasteiger partial charge >= 0.3 is 0 Å². The van der Waals surface area contributed by atoms with Gasteiger partial charge in [-0.1, -0.05) is 11.6 Å². The molecule has 11 heavy (non-hydrogen) atoms. The fourth-order valence-electron chi connectivity index (χ4n) is 0.824. The highest BCUT2D eigenvalue weighted by Gasteiger charge is 1.98. The van der Waals surface area contributed by atoms with Crippen molar-refractivity contribution in [1.29, 1.82) is 0 Å². The van der Waals surface area contributed by atoms with Crippen molar-refractivity contribution in [1.82, 2.24) is 4.98 Å². The van der Waals surface area contributed by atoms with Crippen LogP contribution in [0.2, 0.25) is 4.34 Å². The van der Waals surface area contributed by atoms with Gasteiger partial charge in [-0.15, -0.1) is 11.3 Å². The molecule has 0 aliphatic rings. The molecule has 4 heteroatoms. The quantitative estimate of drug-likeness (QED) is 0.739. The molecule has 0 bridgehead atoms. The first-order chi connectivity index (χ1) is 5.33.